The minimum absolute atomic E-state index is 0.0662. The highest BCUT2D eigenvalue weighted by molar-refractivity contribution is 6.10. The number of benzene rings is 7. The zero-order chi connectivity index (χ0) is 40.1. The van der Waals surface area contributed by atoms with Crippen LogP contribution in [0.3, 0.4) is 0 Å². The molecule has 0 N–H and O–H groups in total. The molecular formula is C58H46N2O. The van der Waals surface area contributed by atoms with E-state index in [4.69, 9.17) is 14.4 Å². The first-order valence-electron chi connectivity index (χ1n) is 22.6. The van der Waals surface area contributed by atoms with Crippen LogP contribution in [0.5, 0.6) is 0 Å². The van der Waals surface area contributed by atoms with Crippen LogP contribution in [-0.4, -0.2) is 9.97 Å². The SMILES string of the molecule is c1ccc(-c2nc(-c3cccc(-c4cccc(-c5cccc6c5-c5cc7c(cc5C65CCCCC5)-c5ccccc5C75CCCCC5)c4)c3)nc3oc4ccccc4c23)cc1. The molecule has 7 aromatic carbocycles. The van der Waals surface area contributed by atoms with Crippen molar-refractivity contribution in [2.45, 2.75) is 75.0 Å². The minimum Gasteiger partial charge on any atom is -0.438 e. The van der Waals surface area contributed by atoms with Gasteiger partial charge in [0.05, 0.1) is 11.1 Å². The van der Waals surface area contributed by atoms with Gasteiger partial charge in [-0.3, -0.25) is 0 Å². The number of furan rings is 1. The van der Waals surface area contributed by atoms with E-state index in [-0.39, 0.29) is 10.8 Å². The fraction of sp³-hybridized carbons (Fsp3) is 0.207. The van der Waals surface area contributed by atoms with Gasteiger partial charge >= 0.3 is 0 Å². The summed E-state index contributed by atoms with van der Waals surface area (Å²) in [5.41, 5.74) is 21.7. The van der Waals surface area contributed by atoms with Crippen LogP contribution in [0.25, 0.3) is 89.2 Å². The third kappa shape index (κ3) is 5.16. The molecule has 0 bridgehead atoms. The van der Waals surface area contributed by atoms with Crippen LogP contribution < -0.4 is 0 Å². The maximum absolute atomic E-state index is 6.38. The Morgan fingerprint density at radius 2 is 0.967 bits per heavy atom. The smallest absolute Gasteiger partial charge is 0.231 e. The lowest BCUT2D eigenvalue weighted by Crippen LogP contribution is -2.29. The van der Waals surface area contributed by atoms with Crippen LogP contribution >= 0.6 is 0 Å². The lowest BCUT2D eigenvalue weighted by atomic mass is 9.66. The molecule has 13 rings (SSSR count). The van der Waals surface area contributed by atoms with E-state index >= 15 is 0 Å². The molecule has 0 amide bonds. The van der Waals surface area contributed by atoms with E-state index in [1.54, 1.807) is 22.3 Å². The highest BCUT2D eigenvalue weighted by atomic mass is 16.3. The quantitative estimate of drug-likeness (QED) is 0.178. The van der Waals surface area contributed by atoms with Gasteiger partial charge in [0.15, 0.2) is 5.82 Å². The Kier molecular flexibility index (Phi) is 7.77. The molecule has 0 atom stereocenters. The molecule has 2 heterocycles. The van der Waals surface area contributed by atoms with Crippen LogP contribution in [0.15, 0.2) is 162 Å². The van der Waals surface area contributed by atoms with E-state index in [0.29, 0.717) is 11.5 Å². The number of para-hydroxylation sites is 1. The average Bonchev–Trinajstić information content (AvgIpc) is 3.93. The predicted octanol–water partition coefficient (Wildman–Crippen LogP) is 15.5. The molecule has 61 heavy (non-hydrogen) atoms. The minimum atomic E-state index is 0.0662. The van der Waals surface area contributed by atoms with Crippen molar-refractivity contribution < 1.29 is 4.42 Å². The fourth-order valence-electron chi connectivity index (χ4n) is 12.4. The van der Waals surface area contributed by atoms with E-state index in [9.17, 15) is 0 Å². The molecule has 3 heteroatoms. The topological polar surface area (TPSA) is 38.9 Å². The van der Waals surface area contributed by atoms with Gasteiger partial charge in [-0.2, -0.15) is 4.98 Å². The van der Waals surface area contributed by atoms with Crippen LogP contribution in [0.1, 0.15) is 86.5 Å². The summed E-state index contributed by atoms with van der Waals surface area (Å²) in [7, 11) is 0. The number of hydrogen-bond acceptors (Lipinski definition) is 3. The van der Waals surface area contributed by atoms with Crippen molar-refractivity contribution in [1.82, 2.24) is 9.97 Å². The molecule has 0 radical (unpaired) electrons. The molecule has 294 valence electrons. The molecule has 4 aliphatic rings. The predicted molar refractivity (Wildman–Crippen MR) is 250 cm³/mol. The Bertz CT molecular complexity index is 3210. The Hall–Kier alpha value is -6.58. The molecule has 9 aromatic rings. The number of fused-ring (bicyclic) bond motifs is 13. The van der Waals surface area contributed by atoms with E-state index in [0.717, 1.165) is 38.7 Å². The molecule has 0 aliphatic heterocycles. The molecule has 3 nitrogen and oxygen atoms in total. The molecule has 0 unspecified atom stereocenters. The summed E-state index contributed by atoms with van der Waals surface area (Å²) in [5.74, 6) is 0.657. The monoisotopic (exact) mass is 786 g/mol. The van der Waals surface area contributed by atoms with Crippen molar-refractivity contribution in [3.63, 3.8) is 0 Å². The lowest BCUT2D eigenvalue weighted by Gasteiger charge is -2.37. The summed E-state index contributed by atoms with van der Waals surface area (Å²) in [6, 6.07) is 58.5. The molecule has 2 spiro atoms. The van der Waals surface area contributed by atoms with E-state index in [1.807, 2.05) is 24.3 Å². The zero-order valence-corrected chi connectivity index (χ0v) is 34.4. The second-order valence-electron chi connectivity index (χ2n) is 18.2. The summed E-state index contributed by atoms with van der Waals surface area (Å²) in [6.45, 7) is 0. The van der Waals surface area contributed by atoms with Crippen molar-refractivity contribution in [3.8, 4) is 67.2 Å². The molecule has 2 aromatic heterocycles. The van der Waals surface area contributed by atoms with Gasteiger partial charge in [0.2, 0.25) is 5.71 Å². The van der Waals surface area contributed by atoms with Crippen molar-refractivity contribution in [2.24, 2.45) is 0 Å². The largest absolute Gasteiger partial charge is 0.438 e. The number of rotatable bonds is 4. The summed E-state index contributed by atoms with van der Waals surface area (Å²) in [4.78, 5) is 10.3. The van der Waals surface area contributed by atoms with Gasteiger partial charge in [0.25, 0.3) is 0 Å². The Balaban J connectivity index is 0.949. The first-order chi connectivity index (χ1) is 30.2. The summed E-state index contributed by atoms with van der Waals surface area (Å²) in [5, 5.41) is 1.98. The van der Waals surface area contributed by atoms with Crippen molar-refractivity contribution >= 4 is 22.1 Å². The number of nitrogens with zero attached hydrogens (tertiary/aromatic N) is 2. The second-order valence-corrected chi connectivity index (χ2v) is 18.2. The summed E-state index contributed by atoms with van der Waals surface area (Å²) < 4.78 is 6.38. The van der Waals surface area contributed by atoms with Crippen LogP contribution in [0, 0.1) is 0 Å². The van der Waals surface area contributed by atoms with Crippen LogP contribution in [0.4, 0.5) is 0 Å². The molecular weight excluding hydrogens is 741 g/mol. The third-order valence-electron chi connectivity index (χ3n) is 15.1. The van der Waals surface area contributed by atoms with Gasteiger partial charge in [-0.25, -0.2) is 4.98 Å². The van der Waals surface area contributed by atoms with Gasteiger partial charge in [-0.15, -0.1) is 0 Å². The van der Waals surface area contributed by atoms with Crippen molar-refractivity contribution in [3.05, 3.63) is 180 Å². The van der Waals surface area contributed by atoms with Gasteiger partial charge in [-0.05, 0) is 123 Å². The maximum atomic E-state index is 6.38. The van der Waals surface area contributed by atoms with E-state index in [2.05, 4.69) is 133 Å². The van der Waals surface area contributed by atoms with Crippen LogP contribution in [-0.2, 0) is 10.8 Å². The molecule has 2 saturated carbocycles. The Morgan fingerprint density at radius 3 is 1.77 bits per heavy atom. The van der Waals surface area contributed by atoms with E-state index in [1.165, 1.54) is 103 Å². The lowest BCUT2D eigenvalue weighted by molar-refractivity contribution is 0.350. The van der Waals surface area contributed by atoms with Gasteiger partial charge in [-0.1, -0.05) is 166 Å². The van der Waals surface area contributed by atoms with E-state index < -0.39 is 0 Å². The Labute approximate surface area is 357 Å². The van der Waals surface area contributed by atoms with Crippen molar-refractivity contribution in [2.75, 3.05) is 0 Å². The normalized spacial score (nSPS) is 16.8. The summed E-state index contributed by atoms with van der Waals surface area (Å²) in [6.07, 6.45) is 12.8. The second kappa shape index (κ2) is 13.5. The molecule has 4 aliphatic carbocycles. The van der Waals surface area contributed by atoms with Gasteiger partial charge in [0, 0.05) is 27.3 Å². The average molecular weight is 787 g/mol. The maximum Gasteiger partial charge on any atom is 0.231 e. The number of aromatic nitrogens is 2. The van der Waals surface area contributed by atoms with Crippen molar-refractivity contribution in [1.29, 1.82) is 0 Å². The van der Waals surface area contributed by atoms with Gasteiger partial charge in [0.1, 0.15) is 5.58 Å². The number of hydrogen-bond donors (Lipinski definition) is 0. The van der Waals surface area contributed by atoms with Crippen LogP contribution in [0.2, 0.25) is 0 Å². The highest BCUT2D eigenvalue weighted by Crippen LogP contribution is 2.63. The third-order valence-corrected chi connectivity index (χ3v) is 15.1. The first kappa shape index (κ1) is 35.2. The highest BCUT2D eigenvalue weighted by Gasteiger charge is 2.49. The summed E-state index contributed by atoms with van der Waals surface area (Å²) >= 11 is 0. The fourth-order valence-corrected chi connectivity index (χ4v) is 12.4. The standard InChI is InChI=1S/C58H46N2O/c1-4-17-37(18-5-1)54-53-44-24-7-9-28-51(44)61-56(53)60-55(59-54)41-22-15-20-39(34-41)38-19-14-21-40(33-38)42-25-16-27-48-52(42)46-36-49-45(35-50(46)58(48)31-12-3-13-32-58)43-23-6-8-26-47(43)57(49)29-10-2-11-30-57/h1,4-9,14-28,33-36H,2-3,10-13,29-32H2. The molecule has 2 fully saturated rings. The zero-order valence-electron chi connectivity index (χ0n) is 34.4. The van der Waals surface area contributed by atoms with Gasteiger partial charge < -0.3 is 4.42 Å². The first-order valence-corrected chi connectivity index (χ1v) is 22.6. The Morgan fingerprint density at radius 1 is 0.393 bits per heavy atom. The molecule has 0 saturated heterocycles.